The van der Waals surface area contributed by atoms with Crippen LogP contribution in [0.25, 0.3) is 0 Å². The van der Waals surface area contributed by atoms with Crippen LogP contribution >= 0.6 is 0 Å². The van der Waals surface area contributed by atoms with E-state index in [1.165, 1.54) is 7.11 Å². The van der Waals surface area contributed by atoms with E-state index < -0.39 is 48.2 Å². The average molecular weight is 288 g/mol. The van der Waals surface area contributed by atoms with Gasteiger partial charge < -0.3 is 28.4 Å². The van der Waals surface area contributed by atoms with Crippen LogP contribution in [-0.4, -0.2) is 55.4 Å². The third-order valence-corrected chi connectivity index (χ3v) is 3.59. The molecule has 0 aromatic rings. The maximum atomic E-state index is 11.9. The number of hydrogen-bond donors (Lipinski definition) is 0. The Morgan fingerprint density at radius 1 is 0.900 bits per heavy atom. The molecule has 0 N–H and O–H groups in total. The Hall–Kier alpha value is -0.730. The highest BCUT2D eigenvalue weighted by atomic mass is 16.9. The van der Waals surface area contributed by atoms with E-state index in [4.69, 9.17) is 28.4 Å². The second-order valence-electron chi connectivity index (χ2n) is 6.11. The van der Waals surface area contributed by atoms with Crippen LogP contribution < -0.4 is 0 Å². The van der Waals surface area contributed by atoms with Gasteiger partial charge >= 0.3 is 5.97 Å². The first-order chi connectivity index (χ1) is 9.22. The van der Waals surface area contributed by atoms with Crippen molar-refractivity contribution < 1.29 is 33.2 Å². The van der Waals surface area contributed by atoms with E-state index in [0.717, 1.165) is 0 Å². The molecule has 3 aliphatic rings. The largest absolute Gasteiger partial charge is 0.467 e. The summed E-state index contributed by atoms with van der Waals surface area (Å²) in [5.41, 5.74) is 0. The Labute approximate surface area is 117 Å². The van der Waals surface area contributed by atoms with Crippen molar-refractivity contribution in [2.45, 2.75) is 70.0 Å². The standard InChI is InChI=1S/C13H20O7/c1-12(2)17-6-7(18-12)9-11(20-13(3,4)19-9)16-8(6)10(14)15-5/h6-9,11H,1-5H3/t6-,7-,8-,9+,11?/m0/s1. The topological polar surface area (TPSA) is 72.5 Å². The molecule has 3 aliphatic heterocycles. The minimum Gasteiger partial charge on any atom is -0.467 e. The second-order valence-corrected chi connectivity index (χ2v) is 6.11. The Balaban J connectivity index is 1.90. The number of ether oxygens (including phenoxy) is 6. The van der Waals surface area contributed by atoms with E-state index >= 15 is 0 Å². The normalized spacial score (nSPS) is 44.8. The number of carbonyl (C=O) groups is 1. The quantitative estimate of drug-likeness (QED) is 0.653. The fraction of sp³-hybridized carbons (Fsp3) is 0.923. The molecule has 3 rings (SSSR count). The minimum absolute atomic E-state index is 0.433. The van der Waals surface area contributed by atoms with Crippen LogP contribution in [0.3, 0.4) is 0 Å². The number of carbonyl (C=O) groups excluding carboxylic acids is 1. The molecule has 3 fully saturated rings. The Morgan fingerprint density at radius 3 is 2.10 bits per heavy atom. The first-order valence-corrected chi connectivity index (χ1v) is 6.67. The lowest BCUT2D eigenvalue weighted by Gasteiger charge is -2.35. The van der Waals surface area contributed by atoms with Crippen LogP contribution in [0.5, 0.6) is 0 Å². The zero-order valence-electron chi connectivity index (χ0n) is 12.2. The van der Waals surface area contributed by atoms with Crippen molar-refractivity contribution in [1.82, 2.24) is 0 Å². The fourth-order valence-electron chi connectivity index (χ4n) is 2.92. The van der Waals surface area contributed by atoms with E-state index in [9.17, 15) is 4.79 Å². The van der Waals surface area contributed by atoms with Crippen molar-refractivity contribution in [2.75, 3.05) is 7.11 Å². The molecule has 3 saturated heterocycles. The van der Waals surface area contributed by atoms with Gasteiger partial charge in [0.1, 0.15) is 18.3 Å². The summed E-state index contributed by atoms with van der Waals surface area (Å²) in [5, 5.41) is 0. The third kappa shape index (κ3) is 2.23. The van der Waals surface area contributed by atoms with E-state index in [1.54, 1.807) is 27.7 Å². The maximum absolute atomic E-state index is 11.9. The van der Waals surface area contributed by atoms with Gasteiger partial charge in [-0.05, 0) is 27.7 Å². The first-order valence-electron chi connectivity index (χ1n) is 6.67. The Morgan fingerprint density at radius 2 is 1.45 bits per heavy atom. The first kappa shape index (κ1) is 14.2. The van der Waals surface area contributed by atoms with Crippen molar-refractivity contribution in [3.8, 4) is 0 Å². The van der Waals surface area contributed by atoms with Gasteiger partial charge in [-0.1, -0.05) is 0 Å². The van der Waals surface area contributed by atoms with Crippen LogP contribution in [0.15, 0.2) is 0 Å². The summed E-state index contributed by atoms with van der Waals surface area (Å²) in [5.74, 6) is -2.11. The van der Waals surface area contributed by atoms with E-state index in [2.05, 4.69) is 0 Å². The molecule has 0 radical (unpaired) electrons. The van der Waals surface area contributed by atoms with Crippen molar-refractivity contribution in [1.29, 1.82) is 0 Å². The minimum atomic E-state index is -0.884. The molecule has 0 aliphatic carbocycles. The molecular weight excluding hydrogens is 268 g/mol. The SMILES string of the molecule is COC(=O)[C@H]1OC2OC(C)(C)O[C@@H]2[C@H]2OC(C)(C)O[C@@H]21. The zero-order valence-corrected chi connectivity index (χ0v) is 12.2. The molecule has 114 valence electrons. The molecule has 0 saturated carbocycles. The smallest absolute Gasteiger partial charge is 0.337 e. The van der Waals surface area contributed by atoms with Crippen molar-refractivity contribution in [3.63, 3.8) is 0 Å². The molecule has 7 heteroatoms. The number of hydrogen-bond acceptors (Lipinski definition) is 7. The summed E-state index contributed by atoms with van der Waals surface area (Å²) in [6.07, 6.45) is -3.00. The van der Waals surface area contributed by atoms with Gasteiger partial charge in [0.15, 0.2) is 24.0 Å². The van der Waals surface area contributed by atoms with Crippen LogP contribution in [0, 0.1) is 0 Å². The highest BCUT2D eigenvalue weighted by molar-refractivity contribution is 5.75. The lowest BCUT2D eigenvalue weighted by molar-refractivity contribution is -0.238. The highest BCUT2D eigenvalue weighted by Crippen LogP contribution is 2.44. The maximum Gasteiger partial charge on any atom is 0.337 e. The monoisotopic (exact) mass is 288 g/mol. The van der Waals surface area contributed by atoms with Gasteiger partial charge in [-0.15, -0.1) is 0 Å². The molecule has 0 amide bonds. The Kier molecular flexibility index (Phi) is 3.11. The van der Waals surface area contributed by atoms with E-state index in [0.29, 0.717) is 0 Å². The van der Waals surface area contributed by atoms with Gasteiger partial charge in [0.2, 0.25) is 0 Å². The highest BCUT2D eigenvalue weighted by Gasteiger charge is 2.62. The number of rotatable bonds is 1. The number of fused-ring (bicyclic) bond motifs is 3. The molecule has 7 nitrogen and oxygen atoms in total. The van der Waals surface area contributed by atoms with Crippen LogP contribution in [-0.2, 0) is 33.2 Å². The van der Waals surface area contributed by atoms with Gasteiger partial charge in [0.25, 0.3) is 0 Å². The summed E-state index contributed by atoms with van der Waals surface area (Å²) < 4.78 is 33.6. The summed E-state index contributed by atoms with van der Waals surface area (Å²) in [6, 6.07) is 0. The van der Waals surface area contributed by atoms with E-state index in [1.807, 2.05) is 0 Å². The summed E-state index contributed by atoms with van der Waals surface area (Å²) in [7, 11) is 1.31. The lowest BCUT2D eigenvalue weighted by atomic mass is 9.99. The molecular formula is C13H20O7. The summed E-state index contributed by atoms with van der Waals surface area (Å²) in [4.78, 5) is 11.9. The number of esters is 1. The Bertz CT molecular complexity index is 419. The summed E-state index contributed by atoms with van der Waals surface area (Å²) >= 11 is 0. The van der Waals surface area contributed by atoms with Gasteiger partial charge in [-0.2, -0.15) is 0 Å². The zero-order chi connectivity index (χ0) is 14.7. The lowest BCUT2D eigenvalue weighted by Crippen LogP contribution is -2.57. The molecule has 20 heavy (non-hydrogen) atoms. The fourth-order valence-corrected chi connectivity index (χ4v) is 2.92. The molecule has 0 aromatic carbocycles. The molecule has 1 unspecified atom stereocenters. The molecule has 0 spiro atoms. The number of methoxy groups -OCH3 is 1. The molecule has 0 bridgehead atoms. The third-order valence-electron chi connectivity index (χ3n) is 3.59. The molecule has 5 atom stereocenters. The molecule has 3 heterocycles. The summed E-state index contributed by atoms with van der Waals surface area (Å²) in [6.45, 7) is 7.15. The van der Waals surface area contributed by atoms with Gasteiger partial charge in [-0.25, -0.2) is 4.79 Å². The predicted molar refractivity (Wildman–Crippen MR) is 64.5 cm³/mol. The van der Waals surface area contributed by atoms with Crippen LogP contribution in [0.4, 0.5) is 0 Å². The van der Waals surface area contributed by atoms with Crippen molar-refractivity contribution in [2.24, 2.45) is 0 Å². The molecule has 0 aromatic heterocycles. The van der Waals surface area contributed by atoms with Gasteiger partial charge in [0, 0.05) is 0 Å². The average Bonchev–Trinajstić information content (AvgIpc) is 2.81. The van der Waals surface area contributed by atoms with E-state index in [-0.39, 0.29) is 0 Å². The second kappa shape index (κ2) is 4.38. The van der Waals surface area contributed by atoms with Crippen molar-refractivity contribution in [3.05, 3.63) is 0 Å². The van der Waals surface area contributed by atoms with Crippen LogP contribution in [0.2, 0.25) is 0 Å². The predicted octanol–water partition coefficient (Wildman–Crippen LogP) is 0.556. The van der Waals surface area contributed by atoms with Crippen molar-refractivity contribution >= 4 is 5.97 Å². The van der Waals surface area contributed by atoms with Gasteiger partial charge in [-0.3, -0.25) is 0 Å². The van der Waals surface area contributed by atoms with Crippen LogP contribution in [0.1, 0.15) is 27.7 Å². The van der Waals surface area contributed by atoms with Gasteiger partial charge in [0.05, 0.1) is 7.11 Å².